The molecule has 0 saturated carbocycles. The first-order valence-electron chi connectivity index (χ1n) is 11.6. The van der Waals surface area contributed by atoms with Crippen LogP contribution in [0.5, 0.6) is 11.5 Å². The minimum Gasteiger partial charge on any atom is -0.494 e. The summed E-state index contributed by atoms with van der Waals surface area (Å²) >= 11 is 0. The van der Waals surface area contributed by atoms with E-state index in [4.69, 9.17) is 9.47 Å². The van der Waals surface area contributed by atoms with Crippen LogP contribution in [0.2, 0.25) is 0 Å². The van der Waals surface area contributed by atoms with Gasteiger partial charge in [0.2, 0.25) is 0 Å². The molecule has 32 heavy (non-hydrogen) atoms. The Balaban J connectivity index is 1.72. The van der Waals surface area contributed by atoms with Crippen molar-refractivity contribution >= 4 is 16.6 Å². The van der Waals surface area contributed by atoms with Crippen molar-refractivity contribution < 1.29 is 9.47 Å². The normalized spacial score (nSPS) is 16.6. The summed E-state index contributed by atoms with van der Waals surface area (Å²) in [7, 11) is 3.92. The van der Waals surface area contributed by atoms with Gasteiger partial charge in [0.05, 0.1) is 25.1 Å². The summed E-state index contributed by atoms with van der Waals surface area (Å²) in [5.41, 5.74) is 4.18. The summed E-state index contributed by atoms with van der Waals surface area (Å²) in [6.45, 7) is 11.0. The molecule has 1 unspecified atom stereocenters. The van der Waals surface area contributed by atoms with E-state index in [9.17, 15) is 0 Å². The maximum atomic E-state index is 5.73. The number of fused-ring (bicyclic) bond motifs is 1. The van der Waals surface area contributed by atoms with Crippen LogP contribution in [0.1, 0.15) is 43.3 Å². The Morgan fingerprint density at radius 1 is 1.12 bits per heavy atom. The van der Waals surface area contributed by atoms with E-state index in [1.54, 1.807) is 7.11 Å². The fourth-order valence-corrected chi connectivity index (χ4v) is 5.08. The molecule has 1 aliphatic rings. The number of anilines is 1. The Kier molecular flexibility index (Phi) is 6.55. The van der Waals surface area contributed by atoms with E-state index in [0.29, 0.717) is 12.6 Å². The monoisotopic (exact) mass is 437 g/mol. The Morgan fingerprint density at radius 3 is 2.59 bits per heavy atom. The highest BCUT2D eigenvalue weighted by Gasteiger charge is 2.23. The number of nitrogens with zero attached hydrogens (tertiary/aromatic N) is 4. The fraction of sp³-hybridized carbons (Fsp3) is 0.520. The van der Waals surface area contributed by atoms with Crippen molar-refractivity contribution in [2.75, 3.05) is 39.2 Å². The molecule has 0 bridgehead atoms. The van der Waals surface area contributed by atoms with Crippen molar-refractivity contribution in [1.29, 1.82) is 0 Å². The molecular formula is C25H35N5O2. The summed E-state index contributed by atoms with van der Waals surface area (Å²) in [5.74, 6) is 2.44. The Morgan fingerprint density at radius 2 is 1.91 bits per heavy atom. The number of rotatable bonds is 8. The van der Waals surface area contributed by atoms with Crippen LogP contribution >= 0.6 is 0 Å². The molecule has 7 nitrogen and oxygen atoms in total. The predicted octanol–water partition coefficient (Wildman–Crippen LogP) is 4.65. The molecule has 4 rings (SSSR count). The molecule has 1 atom stereocenters. The highest BCUT2D eigenvalue weighted by molar-refractivity contribution is 5.98. The minimum atomic E-state index is 0.621. The summed E-state index contributed by atoms with van der Waals surface area (Å²) < 4.78 is 13.6. The van der Waals surface area contributed by atoms with Crippen molar-refractivity contribution in [2.24, 2.45) is 0 Å². The number of aromatic nitrogens is 3. The smallest absolute Gasteiger partial charge is 0.158 e. The molecule has 172 valence electrons. The van der Waals surface area contributed by atoms with Crippen molar-refractivity contribution in [2.45, 2.75) is 53.0 Å². The number of likely N-dealkylation sites (tertiary alicyclic amines) is 1. The first-order chi connectivity index (χ1) is 15.5. The minimum absolute atomic E-state index is 0.621. The van der Waals surface area contributed by atoms with Gasteiger partial charge in [-0.05, 0) is 72.7 Å². The van der Waals surface area contributed by atoms with Crippen LogP contribution < -0.4 is 14.8 Å². The zero-order chi connectivity index (χ0) is 22.8. The second-order valence-electron chi connectivity index (χ2n) is 8.65. The highest BCUT2D eigenvalue weighted by atomic mass is 16.5. The molecule has 0 radical (unpaired) electrons. The lowest BCUT2D eigenvalue weighted by Gasteiger charge is -2.19. The van der Waals surface area contributed by atoms with Crippen LogP contribution in [0.15, 0.2) is 18.2 Å². The van der Waals surface area contributed by atoms with E-state index in [-0.39, 0.29) is 0 Å². The number of methoxy groups -OCH3 is 1. The SMILES string of the molecule is CCOc1ccc(-n2c(C)c3c(C)nnc(NCCC4CCCN4C)c3c2C)c(OC)c1. The van der Waals surface area contributed by atoms with Gasteiger partial charge in [-0.1, -0.05) is 0 Å². The zero-order valence-corrected chi connectivity index (χ0v) is 20.2. The lowest BCUT2D eigenvalue weighted by molar-refractivity contribution is 0.301. The van der Waals surface area contributed by atoms with E-state index < -0.39 is 0 Å². The first-order valence-corrected chi connectivity index (χ1v) is 11.6. The van der Waals surface area contributed by atoms with Gasteiger partial charge < -0.3 is 24.3 Å². The summed E-state index contributed by atoms with van der Waals surface area (Å²) in [5, 5.41) is 14.9. The Labute approximate surface area is 190 Å². The molecule has 0 aliphatic carbocycles. The van der Waals surface area contributed by atoms with Gasteiger partial charge in [-0.2, -0.15) is 5.10 Å². The third kappa shape index (κ3) is 4.01. The van der Waals surface area contributed by atoms with Crippen LogP contribution in [0.3, 0.4) is 0 Å². The number of hydrogen-bond donors (Lipinski definition) is 1. The van der Waals surface area contributed by atoms with Gasteiger partial charge in [0.15, 0.2) is 5.82 Å². The maximum absolute atomic E-state index is 5.73. The van der Waals surface area contributed by atoms with Crippen LogP contribution in [0.4, 0.5) is 5.82 Å². The average Bonchev–Trinajstić information content (AvgIpc) is 3.31. The standard InChI is InChI=1S/C25H35N5O2/c1-7-32-20-10-11-21(22(15-20)31-6)30-17(3)23-16(2)27-28-25(24(23)18(30)4)26-13-12-19-9-8-14-29(19)5/h10-11,15,19H,7-9,12-14H2,1-6H3,(H,26,28). The lowest BCUT2D eigenvalue weighted by Crippen LogP contribution is -2.27. The van der Waals surface area contributed by atoms with Gasteiger partial charge >= 0.3 is 0 Å². The summed E-state index contributed by atoms with van der Waals surface area (Å²) in [4.78, 5) is 2.46. The lowest BCUT2D eigenvalue weighted by atomic mass is 10.1. The number of aryl methyl sites for hydroxylation is 3. The van der Waals surface area contributed by atoms with Gasteiger partial charge in [0.25, 0.3) is 0 Å². The second kappa shape index (κ2) is 9.36. The first kappa shape index (κ1) is 22.4. The van der Waals surface area contributed by atoms with E-state index in [1.807, 2.05) is 26.0 Å². The molecule has 0 amide bonds. The van der Waals surface area contributed by atoms with Crippen molar-refractivity contribution in [3.05, 3.63) is 35.3 Å². The number of hydrogen-bond acceptors (Lipinski definition) is 6. The second-order valence-corrected chi connectivity index (χ2v) is 8.65. The Hall–Kier alpha value is -2.80. The van der Waals surface area contributed by atoms with Gasteiger partial charge in [-0.25, -0.2) is 0 Å². The van der Waals surface area contributed by atoms with Gasteiger partial charge in [-0.3, -0.25) is 0 Å². The van der Waals surface area contributed by atoms with Crippen LogP contribution in [-0.2, 0) is 0 Å². The van der Waals surface area contributed by atoms with Gasteiger partial charge in [0.1, 0.15) is 11.5 Å². The van der Waals surface area contributed by atoms with Crippen molar-refractivity contribution in [3.8, 4) is 17.2 Å². The summed E-state index contributed by atoms with van der Waals surface area (Å²) in [6, 6.07) is 6.65. The van der Waals surface area contributed by atoms with E-state index in [1.165, 1.54) is 19.4 Å². The van der Waals surface area contributed by atoms with Gasteiger partial charge in [-0.15, -0.1) is 5.10 Å². The summed E-state index contributed by atoms with van der Waals surface area (Å²) in [6.07, 6.45) is 3.68. The number of ether oxygens (including phenoxy) is 2. The predicted molar refractivity (Wildman–Crippen MR) is 130 cm³/mol. The van der Waals surface area contributed by atoms with Crippen molar-refractivity contribution in [1.82, 2.24) is 19.7 Å². The molecule has 7 heteroatoms. The van der Waals surface area contributed by atoms with Crippen molar-refractivity contribution in [3.63, 3.8) is 0 Å². The number of nitrogens with one attached hydrogen (secondary N) is 1. The topological polar surface area (TPSA) is 64.4 Å². The zero-order valence-electron chi connectivity index (χ0n) is 20.2. The van der Waals surface area contributed by atoms with E-state index in [2.05, 4.69) is 51.9 Å². The quantitative estimate of drug-likeness (QED) is 0.553. The highest BCUT2D eigenvalue weighted by Crippen LogP contribution is 2.37. The molecule has 3 aromatic rings. The molecule has 1 fully saturated rings. The molecular weight excluding hydrogens is 402 g/mol. The van der Waals surface area contributed by atoms with Crippen LogP contribution in [0, 0.1) is 20.8 Å². The van der Waals surface area contributed by atoms with E-state index >= 15 is 0 Å². The largest absolute Gasteiger partial charge is 0.494 e. The van der Waals surface area contributed by atoms with Gasteiger partial charge in [0, 0.05) is 40.8 Å². The third-order valence-electron chi connectivity index (χ3n) is 6.69. The molecule has 1 N–H and O–H groups in total. The maximum Gasteiger partial charge on any atom is 0.158 e. The third-order valence-corrected chi connectivity index (χ3v) is 6.69. The molecule has 1 aliphatic heterocycles. The Bertz CT molecular complexity index is 1110. The molecule has 0 spiro atoms. The van der Waals surface area contributed by atoms with Crippen LogP contribution in [0.25, 0.3) is 16.5 Å². The van der Waals surface area contributed by atoms with E-state index in [0.717, 1.165) is 63.8 Å². The molecule has 2 aromatic heterocycles. The fourth-order valence-electron chi connectivity index (χ4n) is 5.08. The van der Waals surface area contributed by atoms with Crippen LogP contribution in [-0.4, -0.2) is 59.6 Å². The molecule has 3 heterocycles. The average molecular weight is 438 g/mol. The molecule has 1 saturated heterocycles. The molecule has 1 aromatic carbocycles. The number of benzene rings is 1.